The van der Waals surface area contributed by atoms with Crippen molar-refractivity contribution in [2.75, 3.05) is 13.1 Å². The van der Waals surface area contributed by atoms with Crippen molar-refractivity contribution in [2.24, 2.45) is 5.92 Å². The Morgan fingerprint density at radius 3 is 3.05 bits per heavy atom. The lowest BCUT2D eigenvalue weighted by atomic mass is 9.99. The lowest BCUT2D eigenvalue weighted by Crippen LogP contribution is -2.47. The highest BCUT2D eigenvalue weighted by Gasteiger charge is 2.28. The van der Waals surface area contributed by atoms with Crippen LogP contribution in [0.25, 0.3) is 0 Å². The molecular formula is C11H17N5O3. The molecule has 8 nitrogen and oxygen atoms in total. The Bertz CT molecular complexity index is 447. The first-order valence-electron chi connectivity index (χ1n) is 6.21. The number of H-pyrrole nitrogens is 1. The zero-order valence-corrected chi connectivity index (χ0v) is 10.7. The third-order valence-electron chi connectivity index (χ3n) is 3.24. The van der Waals surface area contributed by atoms with Crippen LogP contribution in [0.15, 0.2) is 6.33 Å². The average Bonchev–Trinajstić information content (AvgIpc) is 2.92. The molecule has 1 aromatic heterocycles. The van der Waals surface area contributed by atoms with Gasteiger partial charge in [0.05, 0.1) is 12.0 Å². The van der Waals surface area contributed by atoms with Crippen molar-refractivity contribution in [1.82, 2.24) is 25.4 Å². The molecule has 1 saturated heterocycles. The highest BCUT2D eigenvalue weighted by Crippen LogP contribution is 2.17. The van der Waals surface area contributed by atoms with Gasteiger partial charge in [-0.15, -0.1) is 0 Å². The Morgan fingerprint density at radius 1 is 1.63 bits per heavy atom. The summed E-state index contributed by atoms with van der Waals surface area (Å²) in [6.07, 6.45) is 2.71. The first-order chi connectivity index (χ1) is 9.08. The third-order valence-corrected chi connectivity index (χ3v) is 3.24. The van der Waals surface area contributed by atoms with Crippen molar-refractivity contribution in [2.45, 2.75) is 25.8 Å². The first-order valence-corrected chi connectivity index (χ1v) is 6.21. The van der Waals surface area contributed by atoms with Crippen molar-refractivity contribution in [3.63, 3.8) is 0 Å². The number of aromatic nitrogens is 3. The molecule has 2 rings (SSSR count). The molecule has 2 heterocycles. The minimum Gasteiger partial charge on any atom is -0.481 e. The van der Waals surface area contributed by atoms with E-state index in [4.69, 9.17) is 5.11 Å². The monoisotopic (exact) mass is 267 g/mol. The van der Waals surface area contributed by atoms with E-state index >= 15 is 0 Å². The van der Waals surface area contributed by atoms with Gasteiger partial charge in [0.2, 0.25) is 0 Å². The van der Waals surface area contributed by atoms with Gasteiger partial charge in [0.15, 0.2) is 0 Å². The Hall–Kier alpha value is -2.12. The molecular weight excluding hydrogens is 250 g/mol. The number of likely N-dealkylation sites (tertiary alicyclic amines) is 1. The minimum atomic E-state index is -0.846. The predicted octanol–water partition coefficient (Wildman–Crippen LogP) is 0.372. The van der Waals surface area contributed by atoms with E-state index in [1.54, 1.807) is 6.92 Å². The van der Waals surface area contributed by atoms with Crippen molar-refractivity contribution in [3.05, 3.63) is 12.2 Å². The number of carbonyl (C=O) groups is 2. The molecule has 1 fully saturated rings. The molecule has 0 aromatic carbocycles. The molecule has 1 aliphatic heterocycles. The molecule has 1 unspecified atom stereocenters. The molecule has 8 heteroatoms. The van der Waals surface area contributed by atoms with Crippen LogP contribution in [0.5, 0.6) is 0 Å². The van der Waals surface area contributed by atoms with Crippen LogP contribution < -0.4 is 5.32 Å². The van der Waals surface area contributed by atoms with Gasteiger partial charge >= 0.3 is 12.0 Å². The number of carboxylic acids is 1. The Labute approximate surface area is 110 Å². The van der Waals surface area contributed by atoms with Gasteiger partial charge in [0.25, 0.3) is 0 Å². The summed E-state index contributed by atoms with van der Waals surface area (Å²) in [5.41, 5.74) is 0. The lowest BCUT2D eigenvalue weighted by Gasteiger charge is -2.31. The largest absolute Gasteiger partial charge is 0.481 e. The fraction of sp³-hybridized carbons (Fsp3) is 0.636. The number of aliphatic carboxylic acids is 1. The lowest BCUT2D eigenvalue weighted by molar-refractivity contribution is -0.143. The van der Waals surface area contributed by atoms with E-state index in [9.17, 15) is 9.59 Å². The van der Waals surface area contributed by atoms with Crippen LogP contribution in [0.1, 0.15) is 31.6 Å². The van der Waals surface area contributed by atoms with Crippen LogP contribution in [-0.2, 0) is 4.79 Å². The maximum atomic E-state index is 12.0. The molecule has 1 aliphatic rings. The molecule has 0 aliphatic carbocycles. The third kappa shape index (κ3) is 3.21. The second kappa shape index (κ2) is 5.68. The smallest absolute Gasteiger partial charge is 0.318 e. The molecule has 19 heavy (non-hydrogen) atoms. The van der Waals surface area contributed by atoms with Crippen LogP contribution in [0, 0.1) is 5.92 Å². The highest BCUT2D eigenvalue weighted by molar-refractivity contribution is 5.76. The van der Waals surface area contributed by atoms with Crippen LogP contribution >= 0.6 is 0 Å². The van der Waals surface area contributed by atoms with E-state index < -0.39 is 11.9 Å². The number of nitrogens with one attached hydrogen (secondary N) is 2. The number of rotatable bonds is 3. The molecule has 3 N–H and O–H groups in total. The number of carbonyl (C=O) groups excluding carboxylic acids is 1. The second-order valence-electron chi connectivity index (χ2n) is 4.67. The first kappa shape index (κ1) is 13.3. The number of nitrogens with zero attached hydrogens (tertiary/aromatic N) is 3. The highest BCUT2D eigenvalue weighted by atomic mass is 16.4. The van der Waals surface area contributed by atoms with E-state index in [1.165, 1.54) is 11.2 Å². The summed E-state index contributed by atoms with van der Waals surface area (Å²) in [5.74, 6) is -0.749. The molecule has 0 spiro atoms. The summed E-state index contributed by atoms with van der Waals surface area (Å²) in [6.45, 7) is 2.63. The summed E-state index contributed by atoms with van der Waals surface area (Å²) >= 11 is 0. The van der Waals surface area contributed by atoms with Gasteiger partial charge in [-0.1, -0.05) is 0 Å². The number of hydrogen-bond donors (Lipinski definition) is 3. The Morgan fingerprint density at radius 2 is 2.42 bits per heavy atom. The number of carboxylic acid groups (broad SMARTS) is 1. The van der Waals surface area contributed by atoms with Gasteiger partial charge in [-0.05, 0) is 19.8 Å². The molecule has 0 saturated carbocycles. The number of aromatic amines is 1. The van der Waals surface area contributed by atoms with Crippen LogP contribution in [-0.4, -0.2) is 50.3 Å². The van der Waals surface area contributed by atoms with Crippen LogP contribution in [0.4, 0.5) is 4.79 Å². The van der Waals surface area contributed by atoms with Crippen LogP contribution in [0.2, 0.25) is 0 Å². The summed E-state index contributed by atoms with van der Waals surface area (Å²) in [7, 11) is 0. The standard InChI is InChI=1S/C11H17N5O3/c1-7(9-12-6-13-15-9)14-11(19)16-4-2-3-8(5-16)10(17)18/h6-8H,2-5H2,1H3,(H,14,19)(H,17,18)(H,12,13,15)/t7?,8-/m0/s1. The topological polar surface area (TPSA) is 111 Å². The van der Waals surface area contributed by atoms with Gasteiger partial charge in [0, 0.05) is 13.1 Å². The van der Waals surface area contributed by atoms with Crippen molar-refractivity contribution in [3.8, 4) is 0 Å². The maximum Gasteiger partial charge on any atom is 0.318 e. The van der Waals surface area contributed by atoms with E-state index in [0.717, 1.165) is 0 Å². The number of hydrogen-bond acceptors (Lipinski definition) is 4. The zero-order chi connectivity index (χ0) is 13.8. The minimum absolute atomic E-state index is 0.254. The molecule has 0 radical (unpaired) electrons. The van der Waals surface area contributed by atoms with Gasteiger partial charge in [-0.2, -0.15) is 5.10 Å². The summed E-state index contributed by atoms with van der Waals surface area (Å²) in [5, 5.41) is 18.2. The molecule has 0 bridgehead atoms. The number of piperidine rings is 1. The van der Waals surface area contributed by atoms with E-state index in [0.29, 0.717) is 25.2 Å². The fourth-order valence-electron chi connectivity index (χ4n) is 2.13. The maximum absolute atomic E-state index is 12.0. The normalized spacial score (nSPS) is 20.9. The van der Waals surface area contributed by atoms with E-state index in [2.05, 4.69) is 20.5 Å². The fourth-order valence-corrected chi connectivity index (χ4v) is 2.13. The van der Waals surface area contributed by atoms with Gasteiger partial charge < -0.3 is 15.3 Å². The number of amides is 2. The Kier molecular flexibility index (Phi) is 3.98. The van der Waals surface area contributed by atoms with E-state index in [1.807, 2.05) is 0 Å². The van der Waals surface area contributed by atoms with Gasteiger partial charge in [-0.3, -0.25) is 9.89 Å². The Balaban J connectivity index is 1.91. The summed E-state index contributed by atoms with van der Waals surface area (Å²) < 4.78 is 0. The van der Waals surface area contributed by atoms with E-state index in [-0.39, 0.29) is 18.6 Å². The summed E-state index contributed by atoms with van der Waals surface area (Å²) in [4.78, 5) is 28.5. The second-order valence-corrected chi connectivity index (χ2v) is 4.67. The van der Waals surface area contributed by atoms with Crippen molar-refractivity contribution < 1.29 is 14.7 Å². The SMILES string of the molecule is CC(NC(=O)N1CCC[C@H](C(=O)O)C1)c1ncn[nH]1. The zero-order valence-electron chi connectivity index (χ0n) is 10.7. The number of urea groups is 1. The molecule has 1 aromatic rings. The summed E-state index contributed by atoms with van der Waals surface area (Å²) in [6, 6.07) is -0.560. The molecule has 2 atom stereocenters. The van der Waals surface area contributed by atoms with Gasteiger partial charge in [-0.25, -0.2) is 9.78 Å². The molecule has 104 valence electrons. The predicted molar refractivity (Wildman–Crippen MR) is 65.3 cm³/mol. The molecule has 2 amide bonds. The van der Waals surface area contributed by atoms with Crippen molar-refractivity contribution >= 4 is 12.0 Å². The van der Waals surface area contributed by atoms with Crippen molar-refractivity contribution in [1.29, 1.82) is 0 Å². The van der Waals surface area contributed by atoms with Crippen LogP contribution in [0.3, 0.4) is 0 Å². The average molecular weight is 267 g/mol. The van der Waals surface area contributed by atoms with Gasteiger partial charge in [0.1, 0.15) is 12.2 Å². The quantitative estimate of drug-likeness (QED) is 0.732.